The molecule has 90 valence electrons. The molecule has 0 aliphatic carbocycles. The highest BCUT2D eigenvalue weighted by Gasteiger charge is 2.20. The van der Waals surface area contributed by atoms with Gasteiger partial charge in [0.05, 0.1) is 12.0 Å². The molecule has 1 fully saturated rings. The summed E-state index contributed by atoms with van der Waals surface area (Å²) in [4.78, 5) is 2.42. The largest absolute Gasteiger partial charge is 0.298 e. The van der Waals surface area contributed by atoms with Crippen LogP contribution in [0.15, 0.2) is 18.2 Å². The third kappa shape index (κ3) is 2.87. The van der Waals surface area contributed by atoms with Crippen molar-refractivity contribution < 1.29 is 0 Å². The molecular weight excluding hydrogens is 208 g/mol. The second-order valence-electron chi connectivity index (χ2n) is 5.07. The lowest BCUT2D eigenvalue weighted by molar-refractivity contribution is 0.191. The highest BCUT2D eigenvalue weighted by atomic mass is 15.1. The fourth-order valence-corrected chi connectivity index (χ4v) is 2.63. The SMILES string of the molecule is Cc1cccc(C)c1CN1CCCC(C#N)C1. The molecule has 0 radical (unpaired) electrons. The van der Waals surface area contributed by atoms with Crippen LogP contribution < -0.4 is 0 Å². The zero-order valence-corrected chi connectivity index (χ0v) is 10.7. The van der Waals surface area contributed by atoms with E-state index in [0.717, 1.165) is 32.5 Å². The molecule has 2 heteroatoms. The van der Waals surface area contributed by atoms with Gasteiger partial charge in [-0.05, 0) is 49.9 Å². The first kappa shape index (κ1) is 12.1. The second kappa shape index (κ2) is 5.33. The van der Waals surface area contributed by atoms with Crippen LogP contribution in [0.2, 0.25) is 0 Å². The zero-order valence-electron chi connectivity index (χ0n) is 10.7. The maximum Gasteiger partial charge on any atom is 0.0669 e. The lowest BCUT2D eigenvalue weighted by atomic mass is 9.97. The maximum atomic E-state index is 9.01. The van der Waals surface area contributed by atoms with Gasteiger partial charge in [-0.1, -0.05) is 18.2 Å². The van der Waals surface area contributed by atoms with E-state index in [1.165, 1.54) is 16.7 Å². The summed E-state index contributed by atoms with van der Waals surface area (Å²) >= 11 is 0. The molecule has 1 unspecified atom stereocenters. The molecule has 1 saturated heterocycles. The molecule has 2 nitrogen and oxygen atoms in total. The Balaban J connectivity index is 2.08. The normalized spacial score (nSPS) is 21.1. The highest BCUT2D eigenvalue weighted by Crippen LogP contribution is 2.21. The Morgan fingerprint density at radius 2 is 2.06 bits per heavy atom. The van der Waals surface area contributed by atoms with Crippen LogP contribution in [-0.4, -0.2) is 18.0 Å². The van der Waals surface area contributed by atoms with Crippen molar-refractivity contribution in [2.24, 2.45) is 5.92 Å². The number of hydrogen-bond acceptors (Lipinski definition) is 2. The number of nitriles is 1. The molecule has 2 rings (SSSR count). The van der Waals surface area contributed by atoms with Crippen LogP contribution in [0.4, 0.5) is 0 Å². The molecule has 17 heavy (non-hydrogen) atoms. The number of hydrogen-bond donors (Lipinski definition) is 0. The number of benzene rings is 1. The second-order valence-corrected chi connectivity index (χ2v) is 5.07. The standard InChI is InChI=1S/C15H20N2/c1-12-5-3-6-13(2)15(12)11-17-8-4-7-14(9-16)10-17/h3,5-6,14H,4,7-8,10-11H2,1-2H3. The van der Waals surface area contributed by atoms with Crippen LogP contribution in [0.1, 0.15) is 29.5 Å². The predicted octanol–water partition coefficient (Wildman–Crippen LogP) is 3.04. The Labute approximate surface area is 104 Å². The average molecular weight is 228 g/mol. The number of piperidine rings is 1. The highest BCUT2D eigenvalue weighted by molar-refractivity contribution is 5.33. The minimum atomic E-state index is 0.230. The molecule has 0 bridgehead atoms. The van der Waals surface area contributed by atoms with Gasteiger partial charge < -0.3 is 0 Å². The lowest BCUT2D eigenvalue weighted by Crippen LogP contribution is -2.34. The molecule has 1 aliphatic rings. The van der Waals surface area contributed by atoms with Gasteiger partial charge in [-0.2, -0.15) is 5.26 Å². The molecule has 1 heterocycles. The molecule has 0 amide bonds. The van der Waals surface area contributed by atoms with Crippen molar-refractivity contribution in [1.29, 1.82) is 5.26 Å². The minimum Gasteiger partial charge on any atom is -0.298 e. The van der Waals surface area contributed by atoms with E-state index < -0.39 is 0 Å². The predicted molar refractivity (Wildman–Crippen MR) is 69.5 cm³/mol. The van der Waals surface area contributed by atoms with Gasteiger partial charge in [-0.25, -0.2) is 0 Å². The summed E-state index contributed by atoms with van der Waals surface area (Å²) in [5.41, 5.74) is 4.17. The van der Waals surface area contributed by atoms with Crippen molar-refractivity contribution in [3.8, 4) is 6.07 Å². The fraction of sp³-hybridized carbons (Fsp3) is 0.533. The van der Waals surface area contributed by atoms with Crippen LogP contribution in [0, 0.1) is 31.1 Å². The molecule has 0 aromatic heterocycles. The number of rotatable bonds is 2. The van der Waals surface area contributed by atoms with Gasteiger partial charge in [0.1, 0.15) is 0 Å². The van der Waals surface area contributed by atoms with Gasteiger partial charge in [-0.15, -0.1) is 0 Å². The average Bonchev–Trinajstić information content (AvgIpc) is 2.34. The number of likely N-dealkylation sites (tertiary alicyclic amines) is 1. The quantitative estimate of drug-likeness (QED) is 0.778. The van der Waals surface area contributed by atoms with Crippen molar-refractivity contribution in [3.05, 3.63) is 34.9 Å². The smallest absolute Gasteiger partial charge is 0.0669 e. The van der Waals surface area contributed by atoms with E-state index in [4.69, 9.17) is 5.26 Å². The Kier molecular flexibility index (Phi) is 3.81. The number of nitrogens with zero attached hydrogens (tertiary/aromatic N) is 2. The van der Waals surface area contributed by atoms with E-state index in [2.05, 4.69) is 43.0 Å². The number of aryl methyl sites for hydroxylation is 2. The third-order valence-electron chi connectivity index (χ3n) is 3.71. The van der Waals surface area contributed by atoms with Gasteiger partial charge in [-0.3, -0.25) is 4.90 Å². The van der Waals surface area contributed by atoms with Crippen molar-refractivity contribution in [3.63, 3.8) is 0 Å². The van der Waals surface area contributed by atoms with Crippen LogP contribution >= 0.6 is 0 Å². The van der Waals surface area contributed by atoms with Crippen LogP contribution in [-0.2, 0) is 6.54 Å². The molecule has 0 N–H and O–H groups in total. The van der Waals surface area contributed by atoms with E-state index in [9.17, 15) is 0 Å². The van der Waals surface area contributed by atoms with E-state index in [0.29, 0.717) is 0 Å². The summed E-state index contributed by atoms with van der Waals surface area (Å²) < 4.78 is 0. The first-order valence-corrected chi connectivity index (χ1v) is 6.38. The Bertz CT molecular complexity index is 411. The van der Waals surface area contributed by atoms with Gasteiger partial charge in [0.2, 0.25) is 0 Å². The Morgan fingerprint density at radius 1 is 1.35 bits per heavy atom. The Hall–Kier alpha value is -1.33. The molecule has 1 aromatic rings. The zero-order chi connectivity index (χ0) is 12.3. The summed E-state index contributed by atoms with van der Waals surface area (Å²) in [5.74, 6) is 0.230. The van der Waals surface area contributed by atoms with Gasteiger partial charge in [0.15, 0.2) is 0 Å². The molecular formula is C15H20N2. The van der Waals surface area contributed by atoms with Gasteiger partial charge in [0.25, 0.3) is 0 Å². The van der Waals surface area contributed by atoms with Crippen LogP contribution in [0.5, 0.6) is 0 Å². The Morgan fingerprint density at radius 3 is 2.71 bits per heavy atom. The molecule has 1 atom stereocenters. The van der Waals surface area contributed by atoms with Gasteiger partial charge >= 0.3 is 0 Å². The van der Waals surface area contributed by atoms with E-state index >= 15 is 0 Å². The monoisotopic (exact) mass is 228 g/mol. The molecule has 0 saturated carbocycles. The van der Waals surface area contributed by atoms with Gasteiger partial charge in [0, 0.05) is 13.1 Å². The van der Waals surface area contributed by atoms with Crippen molar-refractivity contribution in [2.45, 2.75) is 33.2 Å². The molecule has 0 spiro atoms. The summed E-state index contributed by atoms with van der Waals surface area (Å²) in [6, 6.07) is 8.87. The van der Waals surface area contributed by atoms with Crippen molar-refractivity contribution >= 4 is 0 Å². The summed E-state index contributed by atoms with van der Waals surface area (Å²) in [5, 5.41) is 9.01. The van der Waals surface area contributed by atoms with Crippen LogP contribution in [0.3, 0.4) is 0 Å². The van der Waals surface area contributed by atoms with E-state index in [1.54, 1.807) is 0 Å². The van der Waals surface area contributed by atoms with Crippen molar-refractivity contribution in [2.75, 3.05) is 13.1 Å². The summed E-state index contributed by atoms with van der Waals surface area (Å²) in [6.07, 6.45) is 2.23. The first-order valence-electron chi connectivity index (χ1n) is 6.38. The summed E-state index contributed by atoms with van der Waals surface area (Å²) in [7, 11) is 0. The topological polar surface area (TPSA) is 27.0 Å². The minimum absolute atomic E-state index is 0.230. The van der Waals surface area contributed by atoms with E-state index in [-0.39, 0.29) is 5.92 Å². The van der Waals surface area contributed by atoms with Crippen LogP contribution in [0.25, 0.3) is 0 Å². The fourth-order valence-electron chi connectivity index (χ4n) is 2.63. The lowest BCUT2D eigenvalue weighted by Gasteiger charge is -2.30. The third-order valence-corrected chi connectivity index (χ3v) is 3.71. The van der Waals surface area contributed by atoms with E-state index in [1.807, 2.05) is 0 Å². The summed E-state index contributed by atoms with van der Waals surface area (Å²) in [6.45, 7) is 7.41. The van der Waals surface area contributed by atoms with Crippen molar-refractivity contribution in [1.82, 2.24) is 4.90 Å². The maximum absolute atomic E-state index is 9.01. The first-order chi connectivity index (χ1) is 8.20. The molecule has 1 aromatic carbocycles. The molecule has 1 aliphatic heterocycles.